The SMILES string of the molecule is COc1ccc([C@@H](CC(C)C)NC(=O)[C@H]2CN(S(C)(=O)=O)c3ccccc3O2)cc1. The minimum absolute atomic E-state index is 0.0707. The molecule has 2 atom stereocenters. The van der Waals surface area contributed by atoms with E-state index in [0.717, 1.165) is 24.0 Å². The first-order valence-corrected chi connectivity index (χ1v) is 11.7. The fourth-order valence-corrected chi connectivity index (χ4v) is 4.42. The molecule has 1 heterocycles. The minimum Gasteiger partial charge on any atom is -0.497 e. The second kappa shape index (κ2) is 8.95. The number of fused-ring (bicyclic) bond motifs is 1. The van der Waals surface area contributed by atoms with Gasteiger partial charge in [0.15, 0.2) is 6.10 Å². The summed E-state index contributed by atoms with van der Waals surface area (Å²) in [5.74, 6) is 1.11. The van der Waals surface area contributed by atoms with E-state index in [-0.39, 0.29) is 18.5 Å². The maximum absolute atomic E-state index is 13.1. The molecule has 0 saturated carbocycles. The van der Waals surface area contributed by atoms with Gasteiger partial charge in [-0.1, -0.05) is 38.1 Å². The summed E-state index contributed by atoms with van der Waals surface area (Å²) in [5, 5.41) is 3.05. The molecule has 0 aromatic heterocycles. The third-order valence-corrected chi connectivity index (χ3v) is 6.12. The van der Waals surface area contributed by atoms with Gasteiger partial charge < -0.3 is 14.8 Å². The number of ether oxygens (including phenoxy) is 2. The predicted molar refractivity (Wildman–Crippen MR) is 116 cm³/mol. The van der Waals surface area contributed by atoms with Gasteiger partial charge in [0.2, 0.25) is 10.0 Å². The molecule has 0 aliphatic carbocycles. The minimum atomic E-state index is -3.55. The van der Waals surface area contributed by atoms with Gasteiger partial charge in [-0.15, -0.1) is 0 Å². The molecular weight excluding hydrogens is 404 g/mol. The number of methoxy groups -OCH3 is 1. The Balaban J connectivity index is 1.83. The van der Waals surface area contributed by atoms with E-state index in [1.54, 1.807) is 31.4 Å². The van der Waals surface area contributed by atoms with Crippen LogP contribution < -0.4 is 19.1 Å². The van der Waals surface area contributed by atoms with Crippen LogP contribution in [0.3, 0.4) is 0 Å². The van der Waals surface area contributed by atoms with Gasteiger partial charge in [0, 0.05) is 0 Å². The van der Waals surface area contributed by atoms with Crippen molar-refractivity contribution in [3.05, 3.63) is 54.1 Å². The van der Waals surface area contributed by atoms with E-state index in [2.05, 4.69) is 19.2 Å². The van der Waals surface area contributed by atoms with Crippen LogP contribution in [0.5, 0.6) is 11.5 Å². The van der Waals surface area contributed by atoms with Crippen LogP contribution in [0.25, 0.3) is 0 Å². The Morgan fingerprint density at radius 3 is 2.47 bits per heavy atom. The fourth-order valence-electron chi connectivity index (χ4n) is 3.50. The van der Waals surface area contributed by atoms with Crippen LogP contribution in [0.4, 0.5) is 5.69 Å². The second-order valence-electron chi connectivity index (χ2n) is 7.83. The van der Waals surface area contributed by atoms with Gasteiger partial charge in [0.25, 0.3) is 5.91 Å². The van der Waals surface area contributed by atoms with Gasteiger partial charge in [-0.05, 0) is 42.2 Å². The number of carbonyl (C=O) groups is 1. The molecule has 2 aromatic rings. The van der Waals surface area contributed by atoms with Gasteiger partial charge in [0.05, 0.1) is 31.6 Å². The molecule has 0 fully saturated rings. The van der Waals surface area contributed by atoms with Crippen molar-refractivity contribution >= 4 is 21.6 Å². The first-order valence-electron chi connectivity index (χ1n) is 9.86. The first-order chi connectivity index (χ1) is 14.2. The Morgan fingerprint density at radius 1 is 1.20 bits per heavy atom. The van der Waals surface area contributed by atoms with Crippen molar-refractivity contribution in [1.82, 2.24) is 5.32 Å². The van der Waals surface area contributed by atoms with Crippen LogP contribution >= 0.6 is 0 Å². The highest BCUT2D eigenvalue weighted by atomic mass is 32.2. The summed E-state index contributed by atoms with van der Waals surface area (Å²) in [6.07, 6.45) is 0.919. The van der Waals surface area contributed by atoms with E-state index in [0.29, 0.717) is 17.4 Å². The van der Waals surface area contributed by atoms with Crippen LogP contribution in [0.1, 0.15) is 31.9 Å². The van der Waals surface area contributed by atoms with Crippen molar-refractivity contribution in [2.24, 2.45) is 5.92 Å². The standard InChI is InChI=1S/C22H28N2O5S/c1-15(2)13-18(16-9-11-17(28-3)12-10-16)23-22(25)21-14-24(30(4,26)27)19-7-5-6-8-20(19)29-21/h5-12,15,18,21H,13-14H2,1-4H3,(H,23,25)/t18-,21-/m1/s1. The summed E-state index contributed by atoms with van der Waals surface area (Å²) in [6.45, 7) is 4.10. The molecule has 3 rings (SSSR count). The lowest BCUT2D eigenvalue weighted by atomic mass is 9.96. The van der Waals surface area contributed by atoms with Gasteiger partial charge in [-0.25, -0.2) is 8.42 Å². The number of carbonyl (C=O) groups excluding carboxylic acids is 1. The van der Waals surface area contributed by atoms with Crippen LogP contribution in [0, 0.1) is 5.92 Å². The summed E-state index contributed by atoms with van der Waals surface area (Å²) >= 11 is 0. The van der Waals surface area contributed by atoms with Crippen molar-refractivity contribution in [3.63, 3.8) is 0 Å². The fraction of sp³-hybridized carbons (Fsp3) is 0.409. The van der Waals surface area contributed by atoms with E-state index in [4.69, 9.17) is 9.47 Å². The monoisotopic (exact) mass is 432 g/mol. The smallest absolute Gasteiger partial charge is 0.263 e. The molecule has 30 heavy (non-hydrogen) atoms. The molecule has 0 unspecified atom stereocenters. The lowest BCUT2D eigenvalue weighted by Gasteiger charge is -2.34. The quantitative estimate of drug-likeness (QED) is 0.727. The molecular formula is C22H28N2O5S. The van der Waals surface area contributed by atoms with Crippen molar-refractivity contribution in [2.45, 2.75) is 32.4 Å². The summed E-state index contributed by atoms with van der Waals surface area (Å²) in [5.41, 5.74) is 1.40. The van der Waals surface area contributed by atoms with E-state index in [1.807, 2.05) is 24.3 Å². The molecule has 1 amide bonds. The summed E-state index contributed by atoms with van der Waals surface area (Å²) in [6, 6.07) is 14.2. The molecule has 7 nitrogen and oxygen atoms in total. The number of hydrogen-bond donors (Lipinski definition) is 1. The number of hydrogen-bond acceptors (Lipinski definition) is 5. The molecule has 0 saturated heterocycles. The number of anilines is 1. The van der Waals surface area contributed by atoms with Crippen LogP contribution in [0.15, 0.2) is 48.5 Å². The molecule has 1 aliphatic heterocycles. The molecule has 0 radical (unpaired) electrons. The number of para-hydroxylation sites is 2. The van der Waals surface area contributed by atoms with Gasteiger partial charge in [0.1, 0.15) is 11.5 Å². The van der Waals surface area contributed by atoms with Crippen molar-refractivity contribution in [3.8, 4) is 11.5 Å². The van der Waals surface area contributed by atoms with Crippen molar-refractivity contribution < 1.29 is 22.7 Å². The van der Waals surface area contributed by atoms with E-state index >= 15 is 0 Å². The molecule has 8 heteroatoms. The average molecular weight is 433 g/mol. The Morgan fingerprint density at radius 2 is 1.87 bits per heavy atom. The number of sulfonamides is 1. The Bertz CT molecular complexity index is 989. The van der Waals surface area contributed by atoms with Gasteiger partial charge >= 0.3 is 0 Å². The van der Waals surface area contributed by atoms with Crippen molar-refractivity contribution in [2.75, 3.05) is 24.2 Å². The maximum atomic E-state index is 13.1. The lowest BCUT2D eigenvalue weighted by Crippen LogP contribution is -2.51. The van der Waals surface area contributed by atoms with Crippen LogP contribution in [-0.4, -0.2) is 40.3 Å². The lowest BCUT2D eigenvalue weighted by molar-refractivity contribution is -0.128. The molecule has 1 N–H and O–H groups in total. The number of nitrogens with one attached hydrogen (secondary N) is 1. The Hall–Kier alpha value is -2.74. The normalized spacial score (nSPS) is 17.1. The molecule has 0 spiro atoms. The van der Waals surface area contributed by atoms with Crippen LogP contribution in [0.2, 0.25) is 0 Å². The maximum Gasteiger partial charge on any atom is 0.263 e. The highest BCUT2D eigenvalue weighted by molar-refractivity contribution is 7.92. The topological polar surface area (TPSA) is 84.9 Å². The number of nitrogens with zero attached hydrogens (tertiary/aromatic N) is 1. The highest BCUT2D eigenvalue weighted by Gasteiger charge is 2.35. The summed E-state index contributed by atoms with van der Waals surface area (Å²) < 4.78 is 36.9. The first kappa shape index (κ1) is 22.0. The zero-order chi connectivity index (χ0) is 21.9. The number of rotatable bonds is 7. The van der Waals surface area contributed by atoms with Gasteiger partial charge in [-0.3, -0.25) is 9.10 Å². The summed E-state index contributed by atoms with van der Waals surface area (Å²) in [4.78, 5) is 13.1. The molecule has 2 aromatic carbocycles. The Labute approximate surface area is 178 Å². The zero-order valence-electron chi connectivity index (χ0n) is 17.7. The van der Waals surface area contributed by atoms with Crippen molar-refractivity contribution in [1.29, 1.82) is 0 Å². The van der Waals surface area contributed by atoms with E-state index < -0.39 is 16.1 Å². The average Bonchev–Trinajstić information content (AvgIpc) is 2.71. The highest BCUT2D eigenvalue weighted by Crippen LogP contribution is 2.35. The second-order valence-corrected chi connectivity index (χ2v) is 9.74. The van der Waals surface area contributed by atoms with E-state index in [1.165, 1.54) is 4.31 Å². The summed E-state index contributed by atoms with van der Waals surface area (Å²) in [7, 11) is -1.95. The van der Waals surface area contributed by atoms with E-state index in [9.17, 15) is 13.2 Å². The molecule has 162 valence electrons. The molecule has 0 bridgehead atoms. The molecule has 1 aliphatic rings. The third kappa shape index (κ3) is 5.05. The number of amides is 1. The zero-order valence-corrected chi connectivity index (χ0v) is 18.5. The largest absolute Gasteiger partial charge is 0.497 e. The Kier molecular flexibility index (Phi) is 6.55. The number of benzene rings is 2. The van der Waals surface area contributed by atoms with Gasteiger partial charge in [-0.2, -0.15) is 0 Å². The predicted octanol–water partition coefficient (Wildman–Crippen LogP) is 3.13. The van der Waals surface area contributed by atoms with Crippen LogP contribution in [-0.2, 0) is 14.8 Å². The third-order valence-electron chi connectivity index (χ3n) is 4.97.